The van der Waals surface area contributed by atoms with Crippen molar-refractivity contribution in [1.82, 2.24) is 5.32 Å². The second-order valence-electron chi connectivity index (χ2n) is 5.24. The first-order valence-corrected chi connectivity index (χ1v) is 8.22. The van der Waals surface area contributed by atoms with Gasteiger partial charge in [-0.3, -0.25) is 4.79 Å². The van der Waals surface area contributed by atoms with Gasteiger partial charge in [0.2, 0.25) is 12.7 Å². The van der Waals surface area contributed by atoms with Crippen LogP contribution in [0.2, 0.25) is 10.0 Å². The lowest BCUT2D eigenvalue weighted by Crippen LogP contribution is -2.24. The summed E-state index contributed by atoms with van der Waals surface area (Å²) in [6.45, 7) is 1.14. The third-order valence-corrected chi connectivity index (χ3v) is 4.36. The molecule has 126 valence electrons. The Morgan fingerprint density at radius 2 is 1.96 bits per heavy atom. The third kappa shape index (κ3) is 4.04. The van der Waals surface area contributed by atoms with Gasteiger partial charge in [-0.2, -0.15) is 0 Å². The van der Waals surface area contributed by atoms with Gasteiger partial charge in [0, 0.05) is 19.5 Å². The van der Waals surface area contributed by atoms with Crippen molar-refractivity contribution in [3.05, 3.63) is 52.0 Å². The lowest BCUT2D eigenvalue weighted by Gasteiger charge is -2.10. The molecule has 0 aromatic heterocycles. The first-order valence-electron chi connectivity index (χ1n) is 7.46. The summed E-state index contributed by atoms with van der Waals surface area (Å²) in [5.41, 5.74) is 1.67. The number of amides is 1. The molecule has 5 nitrogen and oxygen atoms in total. The van der Waals surface area contributed by atoms with E-state index in [1.807, 2.05) is 24.3 Å². The van der Waals surface area contributed by atoms with E-state index in [0.29, 0.717) is 41.0 Å². The molecule has 1 amide bonds. The number of benzene rings is 2. The van der Waals surface area contributed by atoms with Crippen molar-refractivity contribution < 1.29 is 14.3 Å². The molecular weight excluding hydrogens is 351 g/mol. The van der Waals surface area contributed by atoms with Crippen molar-refractivity contribution in [2.75, 3.05) is 18.7 Å². The minimum atomic E-state index is -0.0571. The van der Waals surface area contributed by atoms with Gasteiger partial charge in [-0.1, -0.05) is 35.3 Å². The van der Waals surface area contributed by atoms with E-state index in [-0.39, 0.29) is 12.7 Å². The maximum absolute atomic E-state index is 11.9. The molecule has 3 rings (SSSR count). The molecule has 0 unspecified atom stereocenters. The van der Waals surface area contributed by atoms with Crippen LogP contribution in [0.5, 0.6) is 11.5 Å². The van der Waals surface area contributed by atoms with Gasteiger partial charge in [0.25, 0.3) is 0 Å². The summed E-state index contributed by atoms with van der Waals surface area (Å²) in [6, 6.07) is 10.9. The van der Waals surface area contributed by atoms with Crippen molar-refractivity contribution >= 4 is 34.8 Å². The molecule has 2 N–H and O–H groups in total. The summed E-state index contributed by atoms with van der Waals surface area (Å²) >= 11 is 12.0. The lowest BCUT2D eigenvalue weighted by molar-refractivity contribution is -0.121. The van der Waals surface area contributed by atoms with Gasteiger partial charge in [-0.05, 0) is 29.8 Å². The van der Waals surface area contributed by atoms with E-state index in [1.54, 1.807) is 12.1 Å². The van der Waals surface area contributed by atoms with Crippen LogP contribution in [-0.2, 0) is 11.3 Å². The highest BCUT2D eigenvalue weighted by molar-refractivity contribution is 6.43. The molecule has 24 heavy (non-hydrogen) atoms. The largest absolute Gasteiger partial charge is 0.454 e. The average molecular weight is 367 g/mol. The van der Waals surface area contributed by atoms with Crippen LogP contribution in [0.25, 0.3) is 0 Å². The van der Waals surface area contributed by atoms with E-state index < -0.39 is 0 Å². The molecule has 0 fully saturated rings. The number of hydrogen-bond acceptors (Lipinski definition) is 4. The van der Waals surface area contributed by atoms with Gasteiger partial charge in [0.05, 0.1) is 15.7 Å². The normalized spacial score (nSPS) is 12.1. The minimum Gasteiger partial charge on any atom is -0.454 e. The van der Waals surface area contributed by atoms with E-state index >= 15 is 0 Å². The van der Waals surface area contributed by atoms with Gasteiger partial charge >= 0.3 is 0 Å². The predicted molar refractivity (Wildman–Crippen MR) is 94.0 cm³/mol. The van der Waals surface area contributed by atoms with Gasteiger partial charge in [0.15, 0.2) is 11.5 Å². The standard InChI is InChI=1S/C17H16Cl2N2O3/c18-12-2-1-3-13(17(12)19)20-7-6-16(22)21-9-11-4-5-14-15(8-11)24-10-23-14/h1-5,8,20H,6-7,9-10H2,(H,21,22). The van der Waals surface area contributed by atoms with Crippen LogP contribution in [0.15, 0.2) is 36.4 Å². The van der Waals surface area contributed by atoms with E-state index in [1.165, 1.54) is 0 Å². The highest BCUT2D eigenvalue weighted by Crippen LogP contribution is 2.32. The Morgan fingerprint density at radius 1 is 1.12 bits per heavy atom. The number of fused-ring (bicyclic) bond motifs is 1. The zero-order chi connectivity index (χ0) is 16.9. The first kappa shape index (κ1) is 16.7. The number of anilines is 1. The Kier molecular flexibility index (Phi) is 5.33. The van der Waals surface area contributed by atoms with Crippen LogP contribution in [0.4, 0.5) is 5.69 Å². The van der Waals surface area contributed by atoms with Crippen molar-refractivity contribution in [3.8, 4) is 11.5 Å². The van der Waals surface area contributed by atoms with Crippen LogP contribution >= 0.6 is 23.2 Å². The number of ether oxygens (including phenoxy) is 2. The Labute approximate surface area is 149 Å². The minimum absolute atomic E-state index is 0.0571. The summed E-state index contributed by atoms with van der Waals surface area (Å²) in [5, 5.41) is 6.91. The van der Waals surface area contributed by atoms with Crippen LogP contribution in [0.3, 0.4) is 0 Å². The summed E-state index contributed by atoms with van der Waals surface area (Å²) in [5.74, 6) is 1.38. The Bertz CT molecular complexity index is 753. The van der Waals surface area contributed by atoms with Crippen LogP contribution in [0, 0.1) is 0 Å². The molecule has 0 radical (unpaired) electrons. The molecule has 0 atom stereocenters. The monoisotopic (exact) mass is 366 g/mol. The fourth-order valence-electron chi connectivity index (χ4n) is 2.29. The molecule has 1 aliphatic rings. The van der Waals surface area contributed by atoms with Crippen LogP contribution < -0.4 is 20.1 Å². The van der Waals surface area contributed by atoms with Gasteiger partial charge in [-0.25, -0.2) is 0 Å². The van der Waals surface area contributed by atoms with E-state index in [2.05, 4.69) is 10.6 Å². The molecule has 0 saturated carbocycles. The number of halogens is 2. The molecule has 1 aliphatic heterocycles. The molecule has 1 heterocycles. The van der Waals surface area contributed by atoms with Crippen LogP contribution in [0.1, 0.15) is 12.0 Å². The maximum atomic E-state index is 11.9. The highest BCUT2D eigenvalue weighted by Gasteiger charge is 2.13. The summed E-state index contributed by atoms with van der Waals surface area (Å²) in [6.07, 6.45) is 0.327. The van der Waals surface area contributed by atoms with Crippen molar-refractivity contribution in [1.29, 1.82) is 0 Å². The fraction of sp³-hybridized carbons (Fsp3) is 0.235. The first-order chi connectivity index (χ1) is 11.6. The van der Waals surface area contributed by atoms with Gasteiger partial charge in [0.1, 0.15) is 0 Å². The Balaban J connectivity index is 1.44. The number of carbonyl (C=O) groups is 1. The van der Waals surface area contributed by atoms with Crippen molar-refractivity contribution in [2.45, 2.75) is 13.0 Å². The van der Waals surface area contributed by atoms with E-state index in [0.717, 1.165) is 11.3 Å². The zero-order valence-electron chi connectivity index (χ0n) is 12.8. The van der Waals surface area contributed by atoms with Crippen molar-refractivity contribution in [2.24, 2.45) is 0 Å². The Morgan fingerprint density at radius 3 is 2.83 bits per heavy atom. The SMILES string of the molecule is O=C(CCNc1cccc(Cl)c1Cl)NCc1ccc2c(c1)OCO2. The summed E-state index contributed by atoms with van der Waals surface area (Å²) in [4.78, 5) is 11.9. The molecule has 0 bridgehead atoms. The second kappa shape index (κ2) is 7.64. The number of rotatable bonds is 6. The maximum Gasteiger partial charge on any atom is 0.231 e. The topological polar surface area (TPSA) is 59.6 Å². The molecule has 0 spiro atoms. The molecule has 0 saturated heterocycles. The lowest BCUT2D eigenvalue weighted by atomic mass is 10.2. The highest BCUT2D eigenvalue weighted by atomic mass is 35.5. The predicted octanol–water partition coefficient (Wildman–Crippen LogP) is 3.84. The quantitative estimate of drug-likeness (QED) is 0.815. The molecule has 2 aromatic rings. The van der Waals surface area contributed by atoms with E-state index in [9.17, 15) is 4.79 Å². The van der Waals surface area contributed by atoms with Gasteiger partial charge < -0.3 is 20.1 Å². The summed E-state index contributed by atoms with van der Waals surface area (Å²) in [7, 11) is 0. The molecule has 2 aromatic carbocycles. The fourth-order valence-corrected chi connectivity index (χ4v) is 2.66. The molecule has 0 aliphatic carbocycles. The van der Waals surface area contributed by atoms with Crippen LogP contribution in [-0.4, -0.2) is 19.2 Å². The molecular formula is C17H16Cl2N2O3. The number of carbonyl (C=O) groups excluding carboxylic acids is 1. The van der Waals surface area contributed by atoms with Crippen molar-refractivity contribution in [3.63, 3.8) is 0 Å². The average Bonchev–Trinajstić information content (AvgIpc) is 3.04. The zero-order valence-corrected chi connectivity index (χ0v) is 14.3. The Hall–Kier alpha value is -2.11. The smallest absolute Gasteiger partial charge is 0.231 e. The summed E-state index contributed by atoms with van der Waals surface area (Å²) < 4.78 is 10.6. The molecule has 7 heteroatoms. The van der Waals surface area contributed by atoms with E-state index in [4.69, 9.17) is 32.7 Å². The van der Waals surface area contributed by atoms with Gasteiger partial charge in [-0.15, -0.1) is 0 Å². The number of hydrogen-bond donors (Lipinski definition) is 2. The number of nitrogens with one attached hydrogen (secondary N) is 2. The third-order valence-electron chi connectivity index (χ3n) is 3.55. The second-order valence-corrected chi connectivity index (χ2v) is 6.03.